The van der Waals surface area contributed by atoms with Crippen molar-refractivity contribution in [2.75, 3.05) is 0 Å². The second kappa shape index (κ2) is 4.02. The highest BCUT2D eigenvalue weighted by atomic mass is 79.9. The van der Waals surface area contributed by atoms with E-state index in [9.17, 15) is 0 Å². The van der Waals surface area contributed by atoms with Gasteiger partial charge in [0.15, 0.2) is 0 Å². The van der Waals surface area contributed by atoms with E-state index < -0.39 is 0 Å². The summed E-state index contributed by atoms with van der Waals surface area (Å²) in [7, 11) is 0. The molecule has 0 aromatic heterocycles. The minimum absolute atomic E-state index is 0.0914. The summed E-state index contributed by atoms with van der Waals surface area (Å²) < 4.78 is 7.83. The smallest absolute Gasteiger partial charge is 0.0884 e. The molecule has 108 valence electrons. The van der Waals surface area contributed by atoms with Gasteiger partial charge in [0.2, 0.25) is 0 Å². The van der Waals surface area contributed by atoms with Gasteiger partial charge < -0.3 is 4.74 Å². The van der Waals surface area contributed by atoms with E-state index in [2.05, 4.69) is 65.6 Å². The van der Waals surface area contributed by atoms with Crippen LogP contribution in [0.4, 0.5) is 0 Å². The molecule has 19 heavy (non-hydrogen) atoms. The molecule has 1 spiro atoms. The zero-order chi connectivity index (χ0) is 14.3. The minimum atomic E-state index is -0.221. The quantitative estimate of drug-likeness (QED) is 0.485. The SMILES string of the molecule is CC1(C)C(Br)=C[C@H](Br)[C@@]2(C)O[C@@H]3C[C@]12CC[C@]3(C)Cl. The number of hydrogen-bond acceptors (Lipinski definition) is 1. The fourth-order valence-electron chi connectivity index (χ4n) is 4.52. The molecule has 0 aromatic carbocycles. The lowest BCUT2D eigenvalue weighted by molar-refractivity contribution is -0.0977. The van der Waals surface area contributed by atoms with Crippen molar-refractivity contribution in [1.29, 1.82) is 0 Å². The zero-order valence-corrected chi connectivity index (χ0v) is 15.8. The van der Waals surface area contributed by atoms with E-state index in [4.69, 9.17) is 16.3 Å². The van der Waals surface area contributed by atoms with Crippen LogP contribution in [0.2, 0.25) is 0 Å². The monoisotopic (exact) mass is 410 g/mol. The molecule has 0 radical (unpaired) electrons. The van der Waals surface area contributed by atoms with Gasteiger partial charge in [-0.25, -0.2) is 0 Å². The van der Waals surface area contributed by atoms with Crippen molar-refractivity contribution in [3.05, 3.63) is 10.6 Å². The molecule has 0 N–H and O–H groups in total. The third-order valence-corrected chi connectivity index (χ3v) is 9.02. The van der Waals surface area contributed by atoms with Crippen molar-refractivity contribution < 1.29 is 4.74 Å². The van der Waals surface area contributed by atoms with Crippen LogP contribution in [-0.4, -0.2) is 21.4 Å². The predicted octanol–water partition coefficient (Wildman–Crippen LogP) is 5.39. The Hall–Kier alpha value is 0.950. The molecule has 0 aromatic rings. The Morgan fingerprint density at radius 1 is 1.26 bits per heavy atom. The average Bonchev–Trinajstić information content (AvgIpc) is 2.58. The minimum Gasteiger partial charge on any atom is -0.368 e. The Bertz CT molecular complexity index is 459. The molecule has 0 amide bonds. The fourth-order valence-corrected chi connectivity index (χ4v) is 6.54. The number of hydrogen-bond donors (Lipinski definition) is 0. The van der Waals surface area contributed by atoms with Crippen molar-refractivity contribution in [2.24, 2.45) is 10.8 Å². The summed E-state index contributed by atoms with van der Waals surface area (Å²) >= 11 is 14.3. The largest absolute Gasteiger partial charge is 0.368 e. The first kappa shape index (κ1) is 14.9. The van der Waals surface area contributed by atoms with Gasteiger partial charge in [0.25, 0.3) is 0 Å². The molecule has 1 saturated carbocycles. The third-order valence-electron chi connectivity index (χ3n) is 6.20. The lowest BCUT2D eigenvalue weighted by atomic mass is 9.49. The number of ether oxygens (including phenoxy) is 1. The summed E-state index contributed by atoms with van der Waals surface area (Å²) in [5.74, 6) is 0. The van der Waals surface area contributed by atoms with Crippen LogP contribution in [0.5, 0.6) is 0 Å². The van der Waals surface area contributed by atoms with Crippen LogP contribution in [0.15, 0.2) is 10.6 Å². The van der Waals surface area contributed by atoms with E-state index in [0.29, 0.717) is 0 Å². The summed E-state index contributed by atoms with van der Waals surface area (Å²) in [4.78, 5) is 0.0129. The van der Waals surface area contributed by atoms with Gasteiger partial charge in [-0.3, -0.25) is 0 Å². The van der Waals surface area contributed by atoms with Gasteiger partial charge in [0, 0.05) is 10.8 Å². The van der Waals surface area contributed by atoms with E-state index in [1.54, 1.807) is 0 Å². The van der Waals surface area contributed by atoms with E-state index in [1.165, 1.54) is 4.48 Å². The van der Waals surface area contributed by atoms with Crippen LogP contribution >= 0.6 is 43.5 Å². The van der Waals surface area contributed by atoms with Crippen molar-refractivity contribution >= 4 is 43.5 Å². The zero-order valence-electron chi connectivity index (χ0n) is 11.9. The maximum atomic E-state index is 6.70. The molecular weight excluding hydrogens is 391 g/mol. The topological polar surface area (TPSA) is 9.23 Å². The molecule has 2 fully saturated rings. The summed E-state index contributed by atoms with van der Waals surface area (Å²) in [5, 5.41) is 0. The molecule has 1 aliphatic heterocycles. The van der Waals surface area contributed by atoms with Gasteiger partial charge in [-0.05, 0) is 37.6 Å². The molecular formula is C15H21Br2ClO. The van der Waals surface area contributed by atoms with Crippen LogP contribution in [0.1, 0.15) is 47.0 Å². The maximum absolute atomic E-state index is 6.70. The number of rotatable bonds is 0. The molecule has 0 unspecified atom stereocenters. The van der Waals surface area contributed by atoms with Crippen molar-refractivity contribution in [3.63, 3.8) is 0 Å². The second-order valence-corrected chi connectivity index (χ2v) is 10.0. The van der Waals surface area contributed by atoms with Crippen molar-refractivity contribution in [1.82, 2.24) is 0 Å². The summed E-state index contributed by atoms with van der Waals surface area (Å²) in [6, 6.07) is 0. The van der Waals surface area contributed by atoms with Crippen LogP contribution in [0, 0.1) is 10.8 Å². The van der Waals surface area contributed by atoms with Crippen LogP contribution in [0.3, 0.4) is 0 Å². The first-order chi connectivity index (χ1) is 8.57. The molecule has 3 aliphatic rings. The van der Waals surface area contributed by atoms with E-state index in [0.717, 1.165) is 19.3 Å². The Labute approximate surface area is 137 Å². The molecule has 5 atom stereocenters. The van der Waals surface area contributed by atoms with E-state index >= 15 is 0 Å². The Morgan fingerprint density at radius 2 is 1.89 bits per heavy atom. The van der Waals surface area contributed by atoms with Gasteiger partial charge in [-0.15, -0.1) is 11.6 Å². The molecule has 3 rings (SSSR count). The van der Waals surface area contributed by atoms with Crippen LogP contribution < -0.4 is 0 Å². The molecule has 4 heteroatoms. The highest BCUT2D eigenvalue weighted by Gasteiger charge is 2.71. The van der Waals surface area contributed by atoms with Crippen LogP contribution in [0.25, 0.3) is 0 Å². The van der Waals surface area contributed by atoms with Crippen molar-refractivity contribution in [3.8, 4) is 0 Å². The third kappa shape index (κ3) is 1.62. The fraction of sp³-hybridized carbons (Fsp3) is 0.867. The predicted molar refractivity (Wildman–Crippen MR) is 87.3 cm³/mol. The number of allylic oxidation sites excluding steroid dienone is 1. The Balaban J connectivity index is 2.17. The van der Waals surface area contributed by atoms with Crippen molar-refractivity contribution in [2.45, 2.75) is 68.4 Å². The summed E-state index contributed by atoms with van der Waals surface area (Å²) in [5.41, 5.74) is 0.0695. The van der Waals surface area contributed by atoms with Gasteiger partial charge >= 0.3 is 0 Å². The lowest BCUT2D eigenvalue weighted by Crippen LogP contribution is -2.59. The highest BCUT2D eigenvalue weighted by molar-refractivity contribution is 9.12. The summed E-state index contributed by atoms with van der Waals surface area (Å²) in [6.45, 7) is 9.08. The molecule has 1 saturated heterocycles. The molecule has 2 aliphatic carbocycles. The second-order valence-electron chi connectivity index (χ2n) is 7.32. The maximum Gasteiger partial charge on any atom is 0.0884 e. The van der Waals surface area contributed by atoms with Gasteiger partial charge in [-0.1, -0.05) is 51.8 Å². The Kier molecular flexibility index (Phi) is 3.15. The number of fused-ring (bicyclic) bond motifs is 1. The normalized spacial score (nSPS) is 55.6. The van der Waals surface area contributed by atoms with Gasteiger partial charge in [0.05, 0.1) is 21.4 Å². The molecule has 2 bridgehead atoms. The van der Waals surface area contributed by atoms with Gasteiger partial charge in [0.1, 0.15) is 0 Å². The first-order valence-electron chi connectivity index (χ1n) is 6.95. The average molecular weight is 413 g/mol. The van der Waals surface area contributed by atoms with Crippen LogP contribution in [-0.2, 0) is 4.74 Å². The lowest BCUT2D eigenvalue weighted by Gasteiger charge is -2.57. The van der Waals surface area contributed by atoms with E-state index in [-0.39, 0.29) is 32.2 Å². The molecule has 1 heterocycles. The highest BCUT2D eigenvalue weighted by Crippen LogP contribution is 2.71. The Morgan fingerprint density at radius 3 is 2.53 bits per heavy atom. The van der Waals surface area contributed by atoms with E-state index in [1.807, 2.05) is 0 Å². The number of halogens is 3. The summed E-state index contributed by atoms with van der Waals surface area (Å²) in [6.07, 6.45) is 5.62. The number of alkyl halides is 2. The molecule has 1 nitrogen and oxygen atoms in total. The standard InChI is InChI=1S/C15H21Br2ClO/c1-12(2)9(16)7-10(17)14(4)15(12)6-5-13(3,18)11(8-15)19-14/h7,10-11H,5-6,8H2,1-4H3/t10-,11+,13-,14+,15+/m0/s1. The van der Waals surface area contributed by atoms with Gasteiger partial charge in [-0.2, -0.15) is 0 Å². The first-order valence-corrected chi connectivity index (χ1v) is 9.04.